The van der Waals surface area contributed by atoms with E-state index in [1.165, 1.54) is 5.56 Å². The summed E-state index contributed by atoms with van der Waals surface area (Å²) in [7, 11) is 0. The Morgan fingerprint density at radius 2 is 1.65 bits per heavy atom. The Morgan fingerprint density at radius 3 is 2.30 bits per heavy atom. The molecule has 1 aromatic carbocycles. The van der Waals surface area contributed by atoms with E-state index in [4.69, 9.17) is 4.74 Å². The van der Waals surface area contributed by atoms with Crippen molar-refractivity contribution < 1.29 is 9.53 Å². The van der Waals surface area contributed by atoms with E-state index in [2.05, 4.69) is 17.0 Å². The molecular weight excluding hydrogens is 252 g/mol. The highest BCUT2D eigenvalue weighted by Gasteiger charge is 2.19. The molecule has 0 atom stereocenters. The van der Waals surface area contributed by atoms with Crippen molar-refractivity contribution in [2.24, 2.45) is 0 Å². The summed E-state index contributed by atoms with van der Waals surface area (Å²) in [5.41, 5.74) is 2.09. The molecule has 20 heavy (non-hydrogen) atoms. The standard InChI is InChI=1S/C16H22N2O2/c19-16(18-7-1-2-8-18)15-5-3-14(4-6-15)13-17-9-11-20-12-10-17/h3-6H,1-2,7-13H2. The first-order valence-corrected chi connectivity index (χ1v) is 7.51. The molecule has 108 valence electrons. The Kier molecular flexibility index (Phi) is 4.33. The maximum atomic E-state index is 12.2. The van der Waals surface area contributed by atoms with Crippen LogP contribution in [0.25, 0.3) is 0 Å². The van der Waals surface area contributed by atoms with Crippen LogP contribution in [0, 0.1) is 0 Å². The SMILES string of the molecule is O=C(c1ccc(CN2CCOCC2)cc1)N1CCCC1. The van der Waals surface area contributed by atoms with Gasteiger partial charge < -0.3 is 9.64 Å². The van der Waals surface area contributed by atoms with Crippen LogP contribution in [0.5, 0.6) is 0 Å². The van der Waals surface area contributed by atoms with Gasteiger partial charge in [-0.05, 0) is 30.5 Å². The summed E-state index contributed by atoms with van der Waals surface area (Å²) in [6, 6.07) is 8.10. The van der Waals surface area contributed by atoms with E-state index in [0.29, 0.717) is 0 Å². The van der Waals surface area contributed by atoms with Crippen LogP contribution in [0.2, 0.25) is 0 Å². The monoisotopic (exact) mass is 274 g/mol. The Morgan fingerprint density at radius 1 is 1.00 bits per heavy atom. The molecule has 1 aromatic rings. The Bertz CT molecular complexity index is 446. The van der Waals surface area contributed by atoms with E-state index >= 15 is 0 Å². The van der Waals surface area contributed by atoms with Gasteiger partial charge >= 0.3 is 0 Å². The van der Waals surface area contributed by atoms with E-state index in [0.717, 1.165) is 64.3 Å². The molecule has 0 aromatic heterocycles. The Labute approximate surface area is 120 Å². The summed E-state index contributed by atoms with van der Waals surface area (Å²) < 4.78 is 5.35. The van der Waals surface area contributed by atoms with Crippen LogP contribution in [-0.4, -0.2) is 55.1 Å². The number of rotatable bonds is 3. The molecule has 2 saturated heterocycles. The molecule has 0 spiro atoms. The number of amides is 1. The summed E-state index contributed by atoms with van der Waals surface area (Å²) >= 11 is 0. The zero-order chi connectivity index (χ0) is 13.8. The quantitative estimate of drug-likeness (QED) is 0.842. The maximum Gasteiger partial charge on any atom is 0.253 e. The predicted molar refractivity (Wildman–Crippen MR) is 77.7 cm³/mol. The van der Waals surface area contributed by atoms with Crippen LogP contribution in [-0.2, 0) is 11.3 Å². The lowest BCUT2D eigenvalue weighted by atomic mass is 10.1. The second kappa shape index (κ2) is 6.37. The van der Waals surface area contributed by atoms with Gasteiger partial charge in [0.05, 0.1) is 13.2 Å². The Balaban J connectivity index is 1.60. The largest absolute Gasteiger partial charge is 0.379 e. The minimum atomic E-state index is 0.181. The molecule has 2 heterocycles. The van der Waals surface area contributed by atoms with E-state index in [-0.39, 0.29) is 5.91 Å². The number of benzene rings is 1. The normalized spacial score (nSPS) is 20.3. The molecule has 2 aliphatic heterocycles. The van der Waals surface area contributed by atoms with E-state index in [1.807, 2.05) is 17.0 Å². The van der Waals surface area contributed by atoms with E-state index in [9.17, 15) is 4.79 Å². The summed E-state index contributed by atoms with van der Waals surface area (Å²) in [6.07, 6.45) is 2.28. The molecule has 1 amide bonds. The molecule has 0 bridgehead atoms. The molecule has 0 aliphatic carbocycles. The van der Waals surface area contributed by atoms with Crippen molar-refractivity contribution in [1.82, 2.24) is 9.80 Å². The third-order valence-electron chi connectivity index (χ3n) is 4.10. The molecule has 0 N–H and O–H groups in total. The number of hydrogen-bond acceptors (Lipinski definition) is 3. The predicted octanol–water partition coefficient (Wildman–Crippen LogP) is 1.75. The zero-order valence-electron chi connectivity index (χ0n) is 11.9. The van der Waals surface area contributed by atoms with Crippen LogP contribution >= 0.6 is 0 Å². The number of carbonyl (C=O) groups excluding carboxylic acids is 1. The van der Waals surface area contributed by atoms with Crippen molar-refractivity contribution in [2.75, 3.05) is 39.4 Å². The van der Waals surface area contributed by atoms with E-state index < -0.39 is 0 Å². The highest BCUT2D eigenvalue weighted by Crippen LogP contribution is 2.14. The van der Waals surface area contributed by atoms with Gasteiger partial charge in [0.2, 0.25) is 0 Å². The first kappa shape index (κ1) is 13.6. The molecule has 0 saturated carbocycles. The highest BCUT2D eigenvalue weighted by atomic mass is 16.5. The number of hydrogen-bond donors (Lipinski definition) is 0. The smallest absolute Gasteiger partial charge is 0.253 e. The molecule has 2 fully saturated rings. The molecule has 3 rings (SSSR count). The van der Waals surface area contributed by atoms with Crippen molar-refractivity contribution in [3.8, 4) is 0 Å². The van der Waals surface area contributed by atoms with Gasteiger partial charge in [-0.1, -0.05) is 12.1 Å². The van der Waals surface area contributed by atoms with Crippen molar-refractivity contribution >= 4 is 5.91 Å². The first-order valence-electron chi connectivity index (χ1n) is 7.51. The highest BCUT2D eigenvalue weighted by molar-refractivity contribution is 5.94. The van der Waals surface area contributed by atoms with Gasteiger partial charge in [-0.2, -0.15) is 0 Å². The van der Waals surface area contributed by atoms with Crippen LogP contribution in [0.4, 0.5) is 0 Å². The molecule has 0 radical (unpaired) electrons. The summed E-state index contributed by atoms with van der Waals surface area (Å²) in [4.78, 5) is 16.6. The molecule has 4 heteroatoms. The minimum absolute atomic E-state index is 0.181. The lowest BCUT2D eigenvalue weighted by molar-refractivity contribution is 0.0342. The van der Waals surface area contributed by atoms with Gasteiger partial charge in [0.15, 0.2) is 0 Å². The lowest BCUT2D eigenvalue weighted by Crippen LogP contribution is -2.35. The summed E-state index contributed by atoms with van der Waals surface area (Å²) in [5, 5.41) is 0. The van der Waals surface area contributed by atoms with Crippen molar-refractivity contribution in [3.05, 3.63) is 35.4 Å². The average molecular weight is 274 g/mol. The number of carbonyl (C=O) groups is 1. The van der Waals surface area contributed by atoms with Crippen molar-refractivity contribution in [2.45, 2.75) is 19.4 Å². The average Bonchev–Trinajstić information content (AvgIpc) is 3.03. The second-order valence-electron chi connectivity index (χ2n) is 5.58. The van der Waals surface area contributed by atoms with Crippen LogP contribution in [0.3, 0.4) is 0 Å². The molecule has 4 nitrogen and oxygen atoms in total. The van der Waals surface area contributed by atoms with Gasteiger partial charge in [-0.3, -0.25) is 9.69 Å². The van der Waals surface area contributed by atoms with Gasteiger partial charge in [0.1, 0.15) is 0 Å². The number of nitrogens with zero attached hydrogens (tertiary/aromatic N) is 2. The topological polar surface area (TPSA) is 32.8 Å². The number of likely N-dealkylation sites (tertiary alicyclic amines) is 1. The fraction of sp³-hybridized carbons (Fsp3) is 0.562. The molecular formula is C16H22N2O2. The van der Waals surface area contributed by atoms with Gasteiger partial charge in [0.25, 0.3) is 5.91 Å². The third kappa shape index (κ3) is 3.19. The number of ether oxygens (including phenoxy) is 1. The zero-order valence-corrected chi connectivity index (χ0v) is 11.9. The minimum Gasteiger partial charge on any atom is -0.379 e. The molecule has 0 unspecified atom stereocenters. The van der Waals surface area contributed by atoms with Gasteiger partial charge in [-0.25, -0.2) is 0 Å². The van der Waals surface area contributed by atoms with Gasteiger partial charge in [-0.15, -0.1) is 0 Å². The van der Waals surface area contributed by atoms with Crippen LogP contribution in [0.1, 0.15) is 28.8 Å². The van der Waals surface area contributed by atoms with E-state index in [1.54, 1.807) is 0 Å². The fourth-order valence-corrected chi connectivity index (χ4v) is 2.87. The fourth-order valence-electron chi connectivity index (χ4n) is 2.87. The van der Waals surface area contributed by atoms with Crippen molar-refractivity contribution in [3.63, 3.8) is 0 Å². The number of morpholine rings is 1. The Hall–Kier alpha value is -1.39. The summed E-state index contributed by atoms with van der Waals surface area (Å²) in [6.45, 7) is 6.41. The van der Waals surface area contributed by atoms with Gasteiger partial charge in [0, 0.05) is 38.3 Å². The lowest BCUT2D eigenvalue weighted by Gasteiger charge is -2.26. The van der Waals surface area contributed by atoms with Crippen LogP contribution < -0.4 is 0 Å². The first-order chi connectivity index (χ1) is 9.83. The molecule has 2 aliphatic rings. The summed E-state index contributed by atoms with van der Waals surface area (Å²) in [5.74, 6) is 0.181. The second-order valence-corrected chi connectivity index (χ2v) is 5.58. The maximum absolute atomic E-state index is 12.2. The third-order valence-corrected chi connectivity index (χ3v) is 4.10. The van der Waals surface area contributed by atoms with Crippen LogP contribution in [0.15, 0.2) is 24.3 Å². The van der Waals surface area contributed by atoms with Crippen molar-refractivity contribution in [1.29, 1.82) is 0 Å².